The maximum atomic E-state index is 3.35. The van der Waals surface area contributed by atoms with Crippen molar-refractivity contribution < 1.29 is 0 Å². The third-order valence-electron chi connectivity index (χ3n) is 3.11. The van der Waals surface area contributed by atoms with Gasteiger partial charge in [-0.1, -0.05) is 17.7 Å². The second-order valence-corrected chi connectivity index (χ2v) is 5.23. The minimum absolute atomic E-state index is 1.04. The molecule has 1 aromatic carbocycles. The van der Waals surface area contributed by atoms with Gasteiger partial charge >= 0.3 is 0 Å². The highest BCUT2D eigenvalue weighted by molar-refractivity contribution is 7.17. The highest BCUT2D eigenvalue weighted by atomic mass is 32.1. The van der Waals surface area contributed by atoms with E-state index in [1.54, 1.807) is 5.57 Å². The molecule has 2 heterocycles. The fraction of sp³-hybridized carbons (Fsp3) is 0.286. The Kier molecular flexibility index (Phi) is 2.77. The highest BCUT2D eigenvalue weighted by Gasteiger charge is 2.04. The lowest BCUT2D eigenvalue weighted by Gasteiger charge is -2.13. The van der Waals surface area contributed by atoms with Crippen LogP contribution in [0.15, 0.2) is 41.3 Å². The lowest BCUT2D eigenvalue weighted by molar-refractivity contribution is 0.692. The summed E-state index contributed by atoms with van der Waals surface area (Å²) < 4.78 is 1.39. The van der Waals surface area contributed by atoms with E-state index in [1.165, 1.54) is 22.1 Å². The van der Waals surface area contributed by atoms with Crippen LogP contribution in [0.5, 0.6) is 0 Å². The molecule has 0 saturated carbocycles. The summed E-state index contributed by atoms with van der Waals surface area (Å²) in [6.45, 7) is 2.17. The fourth-order valence-corrected chi connectivity index (χ4v) is 2.99. The van der Waals surface area contributed by atoms with Crippen LogP contribution in [0, 0.1) is 0 Å². The lowest BCUT2D eigenvalue weighted by Crippen LogP contribution is -2.21. The number of hydrogen-bond donors (Lipinski definition) is 1. The van der Waals surface area contributed by atoms with Gasteiger partial charge in [0.05, 0.1) is 0 Å². The molecule has 0 amide bonds. The van der Waals surface area contributed by atoms with Crippen LogP contribution in [0.25, 0.3) is 10.1 Å². The van der Waals surface area contributed by atoms with Crippen molar-refractivity contribution >= 4 is 21.4 Å². The van der Waals surface area contributed by atoms with Gasteiger partial charge in [-0.3, -0.25) is 0 Å². The molecule has 0 fully saturated rings. The molecule has 1 aliphatic rings. The highest BCUT2D eigenvalue weighted by Crippen LogP contribution is 2.23. The molecule has 1 aromatic heterocycles. The first kappa shape index (κ1) is 10.1. The number of hydrogen-bond acceptors (Lipinski definition) is 2. The molecule has 0 unspecified atom stereocenters. The molecular weight excluding hydrogens is 214 g/mol. The van der Waals surface area contributed by atoms with Crippen molar-refractivity contribution in [2.24, 2.45) is 0 Å². The second kappa shape index (κ2) is 4.40. The lowest BCUT2D eigenvalue weighted by atomic mass is 10.00. The van der Waals surface area contributed by atoms with Gasteiger partial charge in [-0.15, -0.1) is 11.3 Å². The van der Waals surface area contributed by atoms with E-state index in [-0.39, 0.29) is 0 Å². The topological polar surface area (TPSA) is 12.0 Å². The smallest absolute Gasteiger partial charge is 0.0342 e. The molecule has 0 radical (unpaired) electrons. The van der Waals surface area contributed by atoms with E-state index < -0.39 is 0 Å². The summed E-state index contributed by atoms with van der Waals surface area (Å²) >= 11 is 1.82. The third-order valence-corrected chi connectivity index (χ3v) is 4.00. The zero-order valence-electron chi connectivity index (χ0n) is 9.20. The summed E-state index contributed by atoms with van der Waals surface area (Å²) in [4.78, 5) is 0. The van der Waals surface area contributed by atoms with Gasteiger partial charge in [0.2, 0.25) is 0 Å². The summed E-state index contributed by atoms with van der Waals surface area (Å²) in [5.74, 6) is 0. The van der Waals surface area contributed by atoms with Crippen LogP contribution in [0.3, 0.4) is 0 Å². The zero-order valence-corrected chi connectivity index (χ0v) is 10.0. The Balaban J connectivity index is 1.85. The van der Waals surface area contributed by atoms with Crippen LogP contribution in [0.2, 0.25) is 0 Å². The predicted molar refractivity (Wildman–Crippen MR) is 71.1 cm³/mol. The van der Waals surface area contributed by atoms with Crippen LogP contribution in [-0.2, 0) is 6.42 Å². The van der Waals surface area contributed by atoms with Gasteiger partial charge in [-0.25, -0.2) is 0 Å². The summed E-state index contributed by atoms with van der Waals surface area (Å²) in [6.07, 6.45) is 4.65. The van der Waals surface area contributed by atoms with Gasteiger partial charge < -0.3 is 5.32 Å². The molecule has 0 spiro atoms. The molecule has 0 aliphatic carbocycles. The van der Waals surface area contributed by atoms with Crippen molar-refractivity contribution in [3.8, 4) is 0 Å². The van der Waals surface area contributed by atoms with Crippen LogP contribution < -0.4 is 5.32 Å². The number of benzene rings is 1. The molecular formula is C14H15NS. The van der Waals surface area contributed by atoms with Crippen molar-refractivity contribution in [2.45, 2.75) is 12.8 Å². The number of thiophene rings is 1. The Hall–Kier alpha value is -1.12. The summed E-state index contributed by atoms with van der Waals surface area (Å²) in [6, 6.07) is 9.05. The second-order valence-electron chi connectivity index (χ2n) is 4.29. The minimum atomic E-state index is 1.04. The molecule has 1 nitrogen and oxygen atoms in total. The van der Waals surface area contributed by atoms with E-state index in [4.69, 9.17) is 0 Å². The fourth-order valence-electron chi connectivity index (χ4n) is 2.22. The first-order valence-electron chi connectivity index (χ1n) is 5.76. The molecule has 1 N–H and O–H groups in total. The molecule has 0 atom stereocenters. The summed E-state index contributed by atoms with van der Waals surface area (Å²) in [5.41, 5.74) is 3.02. The Morgan fingerprint density at radius 1 is 1.25 bits per heavy atom. The molecule has 3 rings (SSSR count). The average molecular weight is 229 g/mol. The number of nitrogens with one attached hydrogen (secondary N) is 1. The van der Waals surface area contributed by atoms with Crippen LogP contribution >= 0.6 is 11.3 Å². The predicted octanol–water partition coefficient (Wildman–Crippen LogP) is 3.36. The van der Waals surface area contributed by atoms with Crippen molar-refractivity contribution in [1.82, 2.24) is 5.32 Å². The molecule has 16 heavy (non-hydrogen) atoms. The molecule has 0 bridgehead atoms. The Labute approximate surface area is 99.8 Å². The number of rotatable bonds is 2. The monoisotopic (exact) mass is 229 g/mol. The van der Waals surface area contributed by atoms with Crippen LogP contribution in [0.4, 0.5) is 0 Å². The Morgan fingerprint density at radius 3 is 3.12 bits per heavy atom. The van der Waals surface area contributed by atoms with Crippen molar-refractivity contribution in [3.63, 3.8) is 0 Å². The summed E-state index contributed by atoms with van der Waals surface area (Å²) in [5, 5.41) is 6.90. The van der Waals surface area contributed by atoms with E-state index in [2.05, 4.69) is 41.0 Å². The Morgan fingerprint density at radius 2 is 2.25 bits per heavy atom. The maximum Gasteiger partial charge on any atom is 0.0342 e. The SMILES string of the molecule is C1=C(Cc2ccc3sccc3c2)CCNC1. The third kappa shape index (κ3) is 2.04. The van der Waals surface area contributed by atoms with E-state index in [0.29, 0.717) is 0 Å². The average Bonchev–Trinajstić information content (AvgIpc) is 2.77. The van der Waals surface area contributed by atoms with E-state index in [0.717, 1.165) is 19.5 Å². The minimum Gasteiger partial charge on any atom is -0.313 e. The van der Waals surface area contributed by atoms with E-state index in [9.17, 15) is 0 Å². The normalized spacial score (nSPS) is 16.4. The molecule has 1 aliphatic heterocycles. The van der Waals surface area contributed by atoms with Gasteiger partial charge in [0.25, 0.3) is 0 Å². The van der Waals surface area contributed by atoms with Crippen molar-refractivity contribution in [2.75, 3.05) is 13.1 Å². The standard InChI is InChI=1S/C14H15NS/c1-2-14-13(5-8-16-14)10-12(1)9-11-3-6-15-7-4-11/h1-3,5,8,10,15H,4,6-7,9H2. The molecule has 2 aromatic rings. The molecule has 0 saturated heterocycles. The van der Waals surface area contributed by atoms with Crippen LogP contribution in [0.1, 0.15) is 12.0 Å². The van der Waals surface area contributed by atoms with Gasteiger partial charge in [0, 0.05) is 11.2 Å². The van der Waals surface area contributed by atoms with Gasteiger partial charge in [-0.2, -0.15) is 0 Å². The van der Waals surface area contributed by atoms with Gasteiger partial charge in [-0.05, 0) is 53.9 Å². The van der Waals surface area contributed by atoms with Gasteiger partial charge in [0.1, 0.15) is 0 Å². The first-order valence-corrected chi connectivity index (χ1v) is 6.64. The van der Waals surface area contributed by atoms with Crippen molar-refractivity contribution in [1.29, 1.82) is 0 Å². The largest absolute Gasteiger partial charge is 0.313 e. The van der Waals surface area contributed by atoms with E-state index in [1.807, 2.05) is 11.3 Å². The first-order chi connectivity index (χ1) is 7.92. The Bertz CT molecular complexity index is 524. The van der Waals surface area contributed by atoms with Crippen LogP contribution in [-0.4, -0.2) is 13.1 Å². The molecule has 82 valence electrons. The van der Waals surface area contributed by atoms with E-state index >= 15 is 0 Å². The zero-order chi connectivity index (χ0) is 10.8. The quantitative estimate of drug-likeness (QED) is 0.779. The van der Waals surface area contributed by atoms with Gasteiger partial charge in [0.15, 0.2) is 0 Å². The number of fused-ring (bicyclic) bond motifs is 1. The van der Waals surface area contributed by atoms with Crippen molar-refractivity contribution in [3.05, 3.63) is 46.9 Å². The molecule has 2 heteroatoms. The summed E-state index contributed by atoms with van der Waals surface area (Å²) in [7, 11) is 0. The maximum absolute atomic E-state index is 3.35.